The Morgan fingerprint density at radius 2 is 1.74 bits per heavy atom. The molecule has 2 heteroatoms. The molecule has 0 unspecified atom stereocenters. The summed E-state index contributed by atoms with van der Waals surface area (Å²) >= 11 is 0. The summed E-state index contributed by atoms with van der Waals surface area (Å²) in [7, 11) is 1.70. The molecule has 0 N–H and O–H groups in total. The van der Waals surface area contributed by atoms with Gasteiger partial charge in [-0.05, 0) is 17.7 Å². The highest BCUT2D eigenvalue weighted by atomic mass is 16.5. The topological polar surface area (TPSA) is 12.5 Å². The monoisotopic (exact) mass is 253 g/mol. The molecule has 0 saturated heterocycles. The molecule has 98 valence electrons. The van der Waals surface area contributed by atoms with Gasteiger partial charge < -0.3 is 9.64 Å². The van der Waals surface area contributed by atoms with Gasteiger partial charge in [-0.3, -0.25) is 0 Å². The first-order chi connectivity index (χ1) is 9.35. The summed E-state index contributed by atoms with van der Waals surface area (Å²) in [6, 6.07) is 18.5. The molecule has 0 aliphatic rings. The molecular formula is C17H19NO. The fourth-order valence-corrected chi connectivity index (χ4v) is 2.10. The van der Waals surface area contributed by atoms with Crippen molar-refractivity contribution < 1.29 is 4.74 Å². The second-order valence-electron chi connectivity index (χ2n) is 4.33. The lowest BCUT2D eigenvalue weighted by molar-refractivity contribution is 0.414. The van der Waals surface area contributed by atoms with Crippen molar-refractivity contribution in [1.82, 2.24) is 0 Å². The van der Waals surface area contributed by atoms with Crippen molar-refractivity contribution in [2.75, 3.05) is 18.6 Å². The average Bonchev–Trinajstić information content (AvgIpc) is 2.48. The molecule has 2 aromatic rings. The molecule has 0 aliphatic heterocycles. The third-order valence-corrected chi connectivity index (χ3v) is 2.99. The highest BCUT2D eigenvalue weighted by molar-refractivity contribution is 5.59. The van der Waals surface area contributed by atoms with E-state index in [1.54, 1.807) is 7.11 Å². The van der Waals surface area contributed by atoms with Crippen molar-refractivity contribution in [1.29, 1.82) is 0 Å². The number of hydrogen-bond donors (Lipinski definition) is 0. The number of methoxy groups -OCH3 is 1. The van der Waals surface area contributed by atoms with Gasteiger partial charge in [0.2, 0.25) is 0 Å². The minimum Gasteiger partial charge on any atom is -0.495 e. The van der Waals surface area contributed by atoms with Crippen LogP contribution in [-0.4, -0.2) is 13.7 Å². The van der Waals surface area contributed by atoms with E-state index in [1.807, 2.05) is 30.3 Å². The lowest BCUT2D eigenvalue weighted by Gasteiger charge is -2.25. The summed E-state index contributed by atoms with van der Waals surface area (Å²) < 4.78 is 5.43. The summed E-state index contributed by atoms with van der Waals surface area (Å²) in [5.41, 5.74) is 2.36. The van der Waals surface area contributed by atoms with Gasteiger partial charge in [0.1, 0.15) is 5.75 Å². The van der Waals surface area contributed by atoms with E-state index in [0.29, 0.717) is 0 Å². The van der Waals surface area contributed by atoms with Gasteiger partial charge in [-0.1, -0.05) is 48.5 Å². The summed E-state index contributed by atoms with van der Waals surface area (Å²) in [5, 5.41) is 0. The Morgan fingerprint density at radius 1 is 1.05 bits per heavy atom. The van der Waals surface area contributed by atoms with Crippen LogP contribution in [0.1, 0.15) is 5.56 Å². The zero-order chi connectivity index (χ0) is 13.5. The molecule has 0 atom stereocenters. The molecule has 0 spiro atoms. The van der Waals surface area contributed by atoms with Gasteiger partial charge in [0, 0.05) is 13.1 Å². The number of anilines is 1. The number of benzene rings is 2. The molecule has 2 nitrogen and oxygen atoms in total. The summed E-state index contributed by atoms with van der Waals surface area (Å²) in [6.45, 7) is 5.47. The van der Waals surface area contributed by atoms with E-state index in [-0.39, 0.29) is 0 Å². The second-order valence-corrected chi connectivity index (χ2v) is 4.33. The van der Waals surface area contributed by atoms with Crippen molar-refractivity contribution in [3.05, 3.63) is 72.8 Å². The summed E-state index contributed by atoms with van der Waals surface area (Å²) in [5.74, 6) is 0.889. The number of nitrogens with zero attached hydrogens (tertiary/aromatic N) is 1. The fourth-order valence-electron chi connectivity index (χ4n) is 2.10. The van der Waals surface area contributed by atoms with Crippen LogP contribution in [0, 0.1) is 0 Å². The SMILES string of the molecule is C=CCN(Cc1ccccc1)c1ccccc1OC. The van der Waals surface area contributed by atoms with E-state index in [4.69, 9.17) is 4.74 Å². The Balaban J connectivity index is 2.27. The van der Waals surface area contributed by atoms with Crippen molar-refractivity contribution in [2.45, 2.75) is 6.54 Å². The maximum absolute atomic E-state index is 5.43. The van der Waals surface area contributed by atoms with E-state index in [1.165, 1.54) is 5.56 Å². The van der Waals surface area contributed by atoms with Crippen LogP contribution < -0.4 is 9.64 Å². The van der Waals surface area contributed by atoms with Crippen LogP contribution in [0.3, 0.4) is 0 Å². The molecule has 0 bridgehead atoms. The van der Waals surface area contributed by atoms with Crippen LogP contribution in [0.4, 0.5) is 5.69 Å². The van der Waals surface area contributed by atoms with Crippen LogP contribution in [0.15, 0.2) is 67.3 Å². The van der Waals surface area contributed by atoms with E-state index in [2.05, 4.69) is 41.8 Å². The number of rotatable bonds is 6. The second kappa shape index (κ2) is 6.64. The van der Waals surface area contributed by atoms with Gasteiger partial charge in [0.15, 0.2) is 0 Å². The smallest absolute Gasteiger partial charge is 0.142 e. The van der Waals surface area contributed by atoms with Gasteiger partial charge in [-0.15, -0.1) is 6.58 Å². The number of hydrogen-bond acceptors (Lipinski definition) is 2. The highest BCUT2D eigenvalue weighted by Crippen LogP contribution is 2.28. The Morgan fingerprint density at radius 3 is 2.42 bits per heavy atom. The van der Waals surface area contributed by atoms with Gasteiger partial charge in [-0.2, -0.15) is 0 Å². The molecule has 0 radical (unpaired) electrons. The minimum absolute atomic E-state index is 0.787. The number of para-hydroxylation sites is 2. The van der Waals surface area contributed by atoms with Crippen LogP contribution in [-0.2, 0) is 6.54 Å². The molecule has 0 fully saturated rings. The van der Waals surface area contributed by atoms with Gasteiger partial charge in [-0.25, -0.2) is 0 Å². The van der Waals surface area contributed by atoms with E-state index < -0.39 is 0 Å². The van der Waals surface area contributed by atoms with Crippen LogP contribution in [0.5, 0.6) is 5.75 Å². The minimum atomic E-state index is 0.787. The normalized spacial score (nSPS) is 9.95. The standard InChI is InChI=1S/C17H19NO/c1-3-13-18(14-15-9-5-4-6-10-15)16-11-7-8-12-17(16)19-2/h3-12H,1,13-14H2,2H3. The lowest BCUT2D eigenvalue weighted by atomic mass is 10.2. The fraction of sp³-hybridized carbons (Fsp3) is 0.176. The third kappa shape index (κ3) is 3.38. The van der Waals surface area contributed by atoms with Crippen molar-refractivity contribution in [2.24, 2.45) is 0 Å². The largest absolute Gasteiger partial charge is 0.495 e. The van der Waals surface area contributed by atoms with Crippen LogP contribution in [0.25, 0.3) is 0 Å². The van der Waals surface area contributed by atoms with Crippen LogP contribution in [0.2, 0.25) is 0 Å². The van der Waals surface area contributed by atoms with E-state index in [0.717, 1.165) is 24.5 Å². The molecule has 19 heavy (non-hydrogen) atoms. The quantitative estimate of drug-likeness (QED) is 0.724. The summed E-state index contributed by atoms with van der Waals surface area (Å²) in [4.78, 5) is 2.25. The first-order valence-electron chi connectivity index (χ1n) is 6.38. The van der Waals surface area contributed by atoms with Crippen LogP contribution >= 0.6 is 0 Å². The molecule has 0 saturated carbocycles. The zero-order valence-corrected chi connectivity index (χ0v) is 11.3. The Labute approximate surface area is 114 Å². The first-order valence-corrected chi connectivity index (χ1v) is 6.38. The highest BCUT2D eigenvalue weighted by Gasteiger charge is 2.10. The number of ether oxygens (including phenoxy) is 1. The van der Waals surface area contributed by atoms with E-state index in [9.17, 15) is 0 Å². The predicted molar refractivity (Wildman–Crippen MR) is 80.7 cm³/mol. The Kier molecular flexibility index (Phi) is 4.62. The molecule has 0 aliphatic carbocycles. The maximum Gasteiger partial charge on any atom is 0.142 e. The van der Waals surface area contributed by atoms with Gasteiger partial charge >= 0.3 is 0 Å². The first kappa shape index (κ1) is 13.2. The van der Waals surface area contributed by atoms with Crippen molar-refractivity contribution in [3.8, 4) is 5.75 Å². The van der Waals surface area contributed by atoms with Crippen molar-refractivity contribution >= 4 is 5.69 Å². The predicted octanol–water partition coefficient (Wildman–Crippen LogP) is 3.89. The Bertz CT molecular complexity index is 522. The molecule has 0 heterocycles. The third-order valence-electron chi connectivity index (χ3n) is 2.99. The molecule has 0 aromatic heterocycles. The van der Waals surface area contributed by atoms with Gasteiger partial charge in [0.05, 0.1) is 12.8 Å². The lowest BCUT2D eigenvalue weighted by Crippen LogP contribution is -2.23. The average molecular weight is 253 g/mol. The zero-order valence-electron chi connectivity index (χ0n) is 11.3. The van der Waals surface area contributed by atoms with Crippen molar-refractivity contribution in [3.63, 3.8) is 0 Å². The molecular weight excluding hydrogens is 234 g/mol. The molecule has 0 amide bonds. The molecule has 2 aromatic carbocycles. The maximum atomic E-state index is 5.43. The van der Waals surface area contributed by atoms with E-state index >= 15 is 0 Å². The summed E-state index contributed by atoms with van der Waals surface area (Å²) in [6.07, 6.45) is 1.91. The molecule has 2 rings (SSSR count). The Hall–Kier alpha value is -2.22. The van der Waals surface area contributed by atoms with Gasteiger partial charge in [0.25, 0.3) is 0 Å².